The average molecular weight is 320 g/mol. The number of rotatable bonds is 7. The van der Waals surface area contributed by atoms with E-state index < -0.39 is 0 Å². The van der Waals surface area contributed by atoms with Crippen molar-refractivity contribution in [2.75, 3.05) is 19.6 Å². The van der Waals surface area contributed by atoms with Crippen LogP contribution in [0.1, 0.15) is 57.6 Å². The Balaban J connectivity index is 1.76. The van der Waals surface area contributed by atoms with Gasteiger partial charge in [-0.25, -0.2) is 4.39 Å². The molecule has 1 N–H and O–H groups in total. The molecule has 0 saturated carbocycles. The molecule has 1 atom stereocenters. The van der Waals surface area contributed by atoms with E-state index >= 15 is 0 Å². The van der Waals surface area contributed by atoms with Gasteiger partial charge in [0.25, 0.3) is 0 Å². The van der Waals surface area contributed by atoms with Gasteiger partial charge in [0, 0.05) is 18.5 Å². The maximum atomic E-state index is 13.0. The molecule has 1 heterocycles. The van der Waals surface area contributed by atoms with Crippen LogP contribution in [0.3, 0.4) is 0 Å². The number of amides is 1. The lowest BCUT2D eigenvalue weighted by Crippen LogP contribution is -2.41. The molecule has 128 valence electrons. The molecule has 2 rings (SSSR count). The molecule has 0 radical (unpaired) electrons. The summed E-state index contributed by atoms with van der Waals surface area (Å²) in [5.41, 5.74) is 1.13. The van der Waals surface area contributed by atoms with Gasteiger partial charge in [-0.05, 0) is 57.0 Å². The third-order valence-corrected chi connectivity index (χ3v) is 4.88. The molecule has 3 nitrogen and oxygen atoms in total. The molecule has 1 aliphatic rings. The number of carbonyl (C=O) groups excluding carboxylic acids is 1. The van der Waals surface area contributed by atoms with E-state index in [-0.39, 0.29) is 23.7 Å². The normalized spacial score (nSPS) is 17.9. The number of nitrogens with zero attached hydrogens (tertiary/aromatic N) is 1. The lowest BCUT2D eigenvalue weighted by molar-refractivity contribution is -0.126. The van der Waals surface area contributed by atoms with Gasteiger partial charge in [0.05, 0.1) is 0 Å². The van der Waals surface area contributed by atoms with E-state index in [9.17, 15) is 9.18 Å². The first-order valence-electron chi connectivity index (χ1n) is 8.89. The zero-order chi connectivity index (χ0) is 16.7. The predicted octanol–water partition coefficient (Wildman–Crippen LogP) is 3.91. The minimum absolute atomic E-state index is 0.147. The Labute approximate surface area is 139 Å². The fourth-order valence-electron chi connectivity index (χ4n) is 3.23. The van der Waals surface area contributed by atoms with Crippen LogP contribution in [0, 0.1) is 11.7 Å². The molecule has 1 aromatic carbocycles. The summed E-state index contributed by atoms with van der Waals surface area (Å²) in [6, 6.07) is 7.01. The zero-order valence-electron chi connectivity index (χ0n) is 14.4. The highest BCUT2D eigenvalue weighted by molar-refractivity contribution is 5.78. The van der Waals surface area contributed by atoms with E-state index in [1.165, 1.54) is 25.0 Å². The van der Waals surface area contributed by atoms with Crippen LogP contribution in [0.25, 0.3) is 0 Å². The van der Waals surface area contributed by atoms with Crippen LogP contribution in [0.15, 0.2) is 24.3 Å². The van der Waals surface area contributed by atoms with Crippen LogP contribution in [0.2, 0.25) is 0 Å². The Bertz CT molecular complexity index is 481. The van der Waals surface area contributed by atoms with Gasteiger partial charge in [-0.1, -0.05) is 31.9 Å². The van der Waals surface area contributed by atoms with Gasteiger partial charge in [0.2, 0.25) is 5.91 Å². The first-order chi connectivity index (χ1) is 11.1. The minimum atomic E-state index is -0.195. The zero-order valence-corrected chi connectivity index (χ0v) is 14.4. The first kappa shape index (κ1) is 17.9. The standard InChI is InChI=1S/C19H29FN2O/c1-3-4-5-12-21-19(23)17-10-13-22(14-11-17)15(2)16-6-8-18(20)9-7-16/h6-9,15,17H,3-5,10-14H2,1-2H3,(H,21,23)/t15-/m1/s1. The Hall–Kier alpha value is -1.42. The van der Waals surface area contributed by atoms with Crippen LogP contribution >= 0.6 is 0 Å². The Kier molecular flexibility index (Phi) is 7.03. The van der Waals surface area contributed by atoms with Crippen molar-refractivity contribution in [1.82, 2.24) is 10.2 Å². The van der Waals surface area contributed by atoms with E-state index in [2.05, 4.69) is 24.1 Å². The van der Waals surface area contributed by atoms with Crippen molar-refractivity contribution in [1.29, 1.82) is 0 Å². The molecule has 0 unspecified atom stereocenters. The van der Waals surface area contributed by atoms with Gasteiger partial charge in [0.15, 0.2) is 0 Å². The summed E-state index contributed by atoms with van der Waals surface area (Å²) in [4.78, 5) is 14.6. The van der Waals surface area contributed by atoms with Crippen LogP contribution in [-0.2, 0) is 4.79 Å². The predicted molar refractivity (Wildman–Crippen MR) is 91.6 cm³/mol. The van der Waals surface area contributed by atoms with Crippen LogP contribution in [0.4, 0.5) is 4.39 Å². The van der Waals surface area contributed by atoms with Gasteiger partial charge >= 0.3 is 0 Å². The largest absolute Gasteiger partial charge is 0.356 e. The Morgan fingerprint density at radius 3 is 2.52 bits per heavy atom. The number of nitrogens with one attached hydrogen (secondary N) is 1. The summed E-state index contributed by atoms with van der Waals surface area (Å²) < 4.78 is 13.0. The summed E-state index contributed by atoms with van der Waals surface area (Å²) >= 11 is 0. The highest BCUT2D eigenvalue weighted by Crippen LogP contribution is 2.26. The number of carbonyl (C=O) groups is 1. The van der Waals surface area contributed by atoms with Gasteiger partial charge in [-0.2, -0.15) is 0 Å². The molecule has 4 heteroatoms. The SMILES string of the molecule is CCCCCNC(=O)C1CCN([C@H](C)c2ccc(F)cc2)CC1. The summed E-state index contributed by atoms with van der Waals surface area (Å²) in [5, 5.41) is 3.07. The maximum Gasteiger partial charge on any atom is 0.223 e. The van der Waals surface area contributed by atoms with Crippen molar-refractivity contribution in [3.63, 3.8) is 0 Å². The molecular weight excluding hydrogens is 291 g/mol. The smallest absolute Gasteiger partial charge is 0.223 e. The van der Waals surface area contributed by atoms with Gasteiger partial charge in [0.1, 0.15) is 5.82 Å². The number of piperidine rings is 1. The number of halogens is 1. The topological polar surface area (TPSA) is 32.3 Å². The Morgan fingerprint density at radius 1 is 1.26 bits per heavy atom. The molecule has 0 aliphatic carbocycles. The molecule has 0 spiro atoms. The average Bonchev–Trinajstić information content (AvgIpc) is 2.59. The second kappa shape index (κ2) is 9.02. The first-order valence-corrected chi connectivity index (χ1v) is 8.89. The Morgan fingerprint density at radius 2 is 1.91 bits per heavy atom. The van der Waals surface area contributed by atoms with Crippen molar-refractivity contribution >= 4 is 5.91 Å². The third kappa shape index (κ3) is 5.31. The molecule has 1 saturated heterocycles. The second-order valence-corrected chi connectivity index (χ2v) is 6.54. The summed E-state index contributed by atoms with van der Waals surface area (Å²) in [6.07, 6.45) is 5.24. The second-order valence-electron chi connectivity index (χ2n) is 6.54. The van der Waals surface area contributed by atoms with Crippen LogP contribution in [0.5, 0.6) is 0 Å². The van der Waals surface area contributed by atoms with E-state index in [0.717, 1.165) is 44.5 Å². The number of benzene rings is 1. The molecule has 23 heavy (non-hydrogen) atoms. The maximum absolute atomic E-state index is 13.0. The van der Waals surface area contributed by atoms with Crippen molar-refractivity contribution in [2.24, 2.45) is 5.92 Å². The fourth-order valence-corrected chi connectivity index (χ4v) is 3.23. The lowest BCUT2D eigenvalue weighted by Gasteiger charge is -2.35. The highest BCUT2D eigenvalue weighted by Gasteiger charge is 2.27. The van der Waals surface area contributed by atoms with E-state index in [1.807, 2.05) is 12.1 Å². The molecule has 1 amide bonds. The number of hydrogen-bond acceptors (Lipinski definition) is 2. The molecule has 1 fully saturated rings. The number of hydrogen-bond donors (Lipinski definition) is 1. The highest BCUT2D eigenvalue weighted by atomic mass is 19.1. The molecule has 0 aromatic heterocycles. The quantitative estimate of drug-likeness (QED) is 0.773. The van der Waals surface area contributed by atoms with Gasteiger partial charge in [-0.3, -0.25) is 9.69 Å². The summed E-state index contributed by atoms with van der Waals surface area (Å²) in [5.74, 6) is 0.169. The minimum Gasteiger partial charge on any atom is -0.356 e. The van der Waals surface area contributed by atoms with Crippen molar-refractivity contribution < 1.29 is 9.18 Å². The third-order valence-electron chi connectivity index (χ3n) is 4.88. The number of likely N-dealkylation sites (tertiary alicyclic amines) is 1. The molecular formula is C19H29FN2O. The monoisotopic (exact) mass is 320 g/mol. The van der Waals surface area contributed by atoms with Crippen molar-refractivity contribution in [3.8, 4) is 0 Å². The summed E-state index contributed by atoms with van der Waals surface area (Å²) in [7, 11) is 0. The summed E-state index contributed by atoms with van der Waals surface area (Å²) in [6.45, 7) is 6.97. The van der Waals surface area contributed by atoms with E-state index in [1.54, 1.807) is 0 Å². The van der Waals surface area contributed by atoms with Crippen LogP contribution in [-0.4, -0.2) is 30.4 Å². The van der Waals surface area contributed by atoms with Gasteiger partial charge in [-0.15, -0.1) is 0 Å². The lowest BCUT2D eigenvalue weighted by atomic mass is 9.94. The van der Waals surface area contributed by atoms with E-state index in [4.69, 9.17) is 0 Å². The van der Waals surface area contributed by atoms with Gasteiger partial charge < -0.3 is 5.32 Å². The van der Waals surface area contributed by atoms with Crippen molar-refractivity contribution in [3.05, 3.63) is 35.6 Å². The fraction of sp³-hybridized carbons (Fsp3) is 0.632. The number of unbranched alkanes of at least 4 members (excludes halogenated alkanes) is 2. The van der Waals surface area contributed by atoms with E-state index in [0.29, 0.717) is 0 Å². The molecule has 1 aromatic rings. The van der Waals surface area contributed by atoms with Crippen molar-refractivity contribution in [2.45, 2.75) is 52.0 Å². The van der Waals surface area contributed by atoms with Crippen LogP contribution < -0.4 is 5.32 Å². The molecule has 1 aliphatic heterocycles. The molecule has 0 bridgehead atoms.